The molecule has 6 heteroatoms. The van der Waals surface area contributed by atoms with E-state index in [0.29, 0.717) is 25.3 Å². The fraction of sp³-hybridized carbons (Fsp3) is 0.571. The molecule has 0 bridgehead atoms. The second-order valence-corrected chi connectivity index (χ2v) is 7.41. The molecule has 1 aliphatic heterocycles. The van der Waals surface area contributed by atoms with Gasteiger partial charge in [-0.3, -0.25) is 0 Å². The third-order valence-electron chi connectivity index (χ3n) is 3.45. The van der Waals surface area contributed by atoms with Gasteiger partial charge in [-0.1, -0.05) is 13.0 Å². The zero-order valence-electron chi connectivity index (χ0n) is 11.7. The summed E-state index contributed by atoms with van der Waals surface area (Å²) in [5.41, 5.74) is 1.41. The van der Waals surface area contributed by atoms with Gasteiger partial charge in [0, 0.05) is 19.6 Å². The molecule has 0 aromatic heterocycles. The normalized spacial score (nSPS) is 18.2. The first-order valence-corrected chi connectivity index (χ1v) is 8.78. The Morgan fingerprint density at radius 2 is 2.00 bits per heavy atom. The molecule has 0 aliphatic carbocycles. The molecule has 0 radical (unpaired) electrons. The lowest BCUT2D eigenvalue weighted by molar-refractivity contribution is 0.581. The monoisotopic (exact) mass is 300 g/mol. The third-order valence-corrected chi connectivity index (χ3v) is 5.06. The van der Waals surface area contributed by atoms with Crippen LogP contribution in [0.5, 0.6) is 0 Å². The lowest BCUT2D eigenvalue weighted by atomic mass is 10.1. The molecule has 0 spiro atoms. The van der Waals surface area contributed by atoms with Crippen LogP contribution < -0.4 is 10.2 Å². The topological polar surface area (TPSA) is 49.4 Å². The molecule has 0 atom stereocenters. The highest BCUT2D eigenvalue weighted by molar-refractivity contribution is 7.91. The van der Waals surface area contributed by atoms with Crippen molar-refractivity contribution in [1.29, 1.82) is 0 Å². The number of benzene rings is 1. The maximum Gasteiger partial charge on any atom is 0.153 e. The fourth-order valence-electron chi connectivity index (χ4n) is 2.28. The van der Waals surface area contributed by atoms with E-state index in [4.69, 9.17) is 0 Å². The van der Waals surface area contributed by atoms with Crippen LogP contribution in [0.2, 0.25) is 0 Å². The highest BCUT2D eigenvalue weighted by Gasteiger charge is 2.23. The van der Waals surface area contributed by atoms with Crippen LogP contribution in [0.4, 0.5) is 10.1 Å². The van der Waals surface area contributed by atoms with Gasteiger partial charge in [-0.05, 0) is 30.7 Å². The van der Waals surface area contributed by atoms with E-state index in [9.17, 15) is 12.8 Å². The van der Waals surface area contributed by atoms with Gasteiger partial charge in [-0.2, -0.15) is 0 Å². The predicted molar refractivity (Wildman–Crippen MR) is 79.3 cm³/mol. The highest BCUT2D eigenvalue weighted by atomic mass is 32.2. The number of rotatable bonds is 5. The summed E-state index contributed by atoms with van der Waals surface area (Å²) in [6.45, 7) is 4.38. The third kappa shape index (κ3) is 3.93. The summed E-state index contributed by atoms with van der Waals surface area (Å²) in [4.78, 5) is 1.81. The van der Waals surface area contributed by atoms with Gasteiger partial charge in [-0.15, -0.1) is 0 Å². The van der Waals surface area contributed by atoms with E-state index in [1.165, 1.54) is 6.07 Å². The number of halogens is 1. The summed E-state index contributed by atoms with van der Waals surface area (Å²) in [5.74, 6) is -0.0708. The second kappa shape index (κ2) is 6.54. The van der Waals surface area contributed by atoms with Crippen LogP contribution in [0.15, 0.2) is 18.2 Å². The number of nitrogens with one attached hydrogen (secondary N) is 1. The van der Waals surface area contributed by atoms with Crippen molar-refractivity contribution in [2.75, 3.05) is 36.0 Å². The predicted octanol–water partition coefficient (Wildman–Crippen LogP) is 1.56. The summed E-state index contributed by atoms with van der Waals surface area (Å²) in [6, 6.07) is 5.17. The Labute approximate surface area is 119 Å². The summed E-state index contributed by atoms with van der Waals surface area (Å²) in [6.07, 6.45) is 1.04. The van der Waals surface area contributed by atoms with Gasteiger partial charge in [0.1, 0.15) is 5.82 Å². The van der Waals surface area contributed by atoms with Gasteiger partial charge < -0.3 is 10.2 Å². The molecule has 1 N–H and O–H groups in total. The molecule has 4 nitrogen and oxygen atoms in total. The number of anilines is 1. The maximum absolute atomic E-state index is 14.1. The van der Waals surface area contributed by atoms with E-state index >= 15 is 0 Å². The van der Waals surface area contributed by atoms with E-state index in [0.717, 1.165) is 18.5 Å². The van der Waals surface area contributed by atoms with Crippen LogP contribution in [-0.2, 0) is 16.4 Å². The van der Waals surface area contributed by atoms with Crippen molar-refractivity contribution in [3.8, 4) is 0 Å². The lowest BCUT2D eigenvalue weighted by Crippen LogP contribution is -2.40. The van der Waals surface area contributed by atoms with Crippen LogP contribution in [0.3, 0.4) is 0 Å². The Kier molecular flexibility index (Phi) is 4.99. The number of sulfone groups is 1. The minimum atomic E-state index is -2.93. The van der Waals surface area contributed by atoms with Crippen molar-refractivity contribution in [1.82, 2.24) is 5.32 Å². The van der Waals surface area contributed by atoms with Crippen LogP contribution >= 0.6 is 0 Å². The van der Waals surface area contributed by atoms with E-state index in [1.807, 2.05) is 6.07 Å². The molecule has 1 aliphatic rings. The van der Waals surface area contributed by atoms with Crippen molar-refractivity contribution in [3.63, 3.8) is 0 Å². The van der Waals surface area contributed by atoms with Crippen molar-refractivity contribution < 1.29 is 12.8 Å². The average molecular weight is 300 g/mol. The molecule has 2 rings (SSSR count). The highest BCUT2D eigenvalue weighted by Crippen LogP contribution is 2.22. The summed E-state index contributed by atoms with van der Waals surface area (Å²) < 4.78 is 36.9. The molecular weight excluding hydrogens is 279 g/mol. The summed E-state index contributed by atoms with van der Waals surface area (Å²) >= 11 is 0. The molecule has 0 saturated carbocycles. The quantitative estimate of drug-likeness (QED) is 0.839. The first kappa shape index (κ1) is 15.3. The molecule has 1 heterocycles. The average Bonchev–Trinajstić information content (AvgIpc) is 2.40. The van der Waals surface area contributed by atoms with Gasteiger partial charge in [0.25, 0.3) is 0 Å². The Hall–Kier alpha value is -1.14. The maximum atomic E-state index is 14.1. The fourth-order valence-corrected chi connectivity index (χ4v) is 3.48. The standard InChI is InChI=1S/C14H21FN2O2S/c1-2-5-16-11-12-3-4-14(13(15)10-12)17-6-8-20(18,19)9-7-17/h3-4,10,16H,2,5-9,11H2,1H3. The van der Waals surface area contributed by atoms with Gasteiger partial charge >= 0.3 is 0 Å². The van der Waals surface area contributed by atoms with Gasteiger partial charge in [0.05, 0.1) is 17.2 Å². The van der Waals surface area contributed by atoms with Crippen LogP contribution in [0.1, 0.15) is 18.9 Å². The largest absolute Gasteiger partial charge is 0.367 e. The minimum Gasteiger partial charge on any atom is -0.367 e. The smallest absolute Gasteiger partial charge is 0.153 e. The molecule has 1 fully saturated rings. The van der Waals surface area contributed by atoms with E-state index in [-0.39, 0.29) is 17.3 Å². The van der Waals surface area contributed by atoms with Crippen molar-refractivity contribution in [3.05, 3.63) is 29.6 Å². The summed E-state index contributed by atoms with van der Waals surface area (Å²) in [7, 11) is -2.93. The van der Waals surface area contributed by atoms with Crippen molar-refractivity contribution >= 4 is 15.5 Å². The van der Waals surface area contributed by atoms with E-state index < -0.39 is 9.84 Å². The Balaban J connectivity index is 2.03. The van der Waals surface area contributed by atoms with Crippen LogP contribution in [0.25, 0.3) is 0 Å². The Bertz CT molecular complexity index is 546. The molecule has 112 valence electrons. The molecular formula is C14H21FN2O2S. The zero-order valence-corrected chi connectivity index (χ0v) is 12.5. The van der Waals surface area contributed by atoms with Gasteiger partial charge in [-0.25, -0.2) is 12.8 Å². The Morgan fingerprint density at radius 3 is 2.60 bits per heavy atom. The number of hydrogen-bond donors (Lipinski definition) is 1. The number of nitrogens with zero attached hydrogens (tertiary/aromatic N) is 1. The van der Waals surface area contributed by atoms with Gasteiger partial charge in [0.2, 0.25) is 0 Å². The molecule has 20 heavy (non-hydrogen) atoms. The molecule has 1 aromatic rings. The van der Waals surface area contributed by atoms with Crippen molar-refractivity contribution in [2.45, 2.75) is 19.9 Å². The summed E-state index contributed by atoms with van der Waals surface area (Å²) in [5, 5.41) is 3.23. The lowest BCUT2D eigenvalue weighted by Gasteiger charge is -2.29. The zero-order chi connectivity index (χ0) is 14.6. The van der Waals surface area contributed by atoms with Crippen molar-refractivity contribution in [2.24, 2.45) is 0 Å². The second-order valence-electron chi connectivity index (χ2n) is 5.10. The Morgan fingerprint density at radius 1 is 1.30 bits per heavy atom. The first-order chi connectivity index (χ1) is 9.52. The SMILES string of the molecule is CCCNCc1ccc(N2CCS(=O)(=O)CC2)c(F)c1. The van der Waals surface area contributed by atoms with E-state index in [2.05, 4.69) is 12.2 Å². The molecule has 0 amide bonds. The molecule has 1 saturated heterocycles. The first-order valence-electron chi connectivity index (χ1n) is 6.96. The van der Waals surface area contributed by atoms with Gasteiger partial charge in [0.15, 0.2) is 9.84 Å². The van der Waals surface area contributed by atoms with Crippen LogP contribution in [0, 0.1) is 5.82 Å². The van der Waals surface area contributed by atoms with E-state index in [1.54, 1.807) is 11.0 Å². The number of hydrogen-bond acceptors (Lipinski definition) is 4. The molecule has 0 unspecified atom stereocenters. The minimum absolute atomic E-state index is 0.103. The van der Waals surface area contributed by atoms with Crippen LogP contribution in [-0.4, -0.2) is 39.6 Å². The molecule has 1 aromatic carbocycles.